The fourth-order valence-electron chi connectivity index (χ4n) is 3.95. The minimum atomic E-state index is -1.99. The van der Waals surface area contributed by atoms with E-state index in [1.807, 2.05) is 0 Å². The molecule has 7 nitrogen and oxygen atoms in total. The first-order valence-electron chi connectivity index (χ1n) is 8.78. The summed E-state index contributed by atoms with van der Waals surface area (Å²) in [5.41, 5.74) is -1.95. The number of imide groups is 1. The average Bonchev–Trinajstić information content (AvgIpc) is 3.06. The van der Waals surface area contributed by atoms with Gasteiger partial charge < -0.3 is 5.11 Å². The predicted octanol–water partition coefficient (Wildman–Crippen LogP) is 2.25. The molecule has 2 aromatic rings. The van der Waals surface area contributed by atoms with E-state index < -0.39 is 60.3 Å². The minimum absolute atomic E-state index is 0.113. The molecule has 0 bridgehead atoms. The summed E-state index contributed by atoms with van der Waals surface area (Å²) in [7, 11) is 0. The number of aliphatic carboxylic acids is 1. The summed E-state index contributed by atoms with van der Waals surface area (Å²) >= 11 is 6.03. The molecular weight excluding hydrogens is 422 g/mol. The van der Waals surface area contributed by atoms with E-state index in [1.165, 1.54) is 30.3 Å². The number of benzene rings is 2. The summed E-state index contributed by atoms with van der Waals surface area (Å²) in [6.07, 6.45) is -0.564. The summed E-state index contributed by atoms with van der Waals surface area (Å²) in [5, 5.41) is 9.35. The third kappa shape index (κ3) is 2.77. The lowest BCUT2D eigenvalue weighted by Gasteiger charge is -2.22. The zero-order valence-corrected chi connectivity index (χ0v) is 15.9. The van der Waals surface area contributed by atoms with E-state index in [2.05, 4.69) is 0 Å². The van der Waals surface area contributed by atoms with E-state index >= 15 is 0 Å². The second-order valence-corrected chi connectivity index (χ2v) is 7.46. The molecule has 0 saturated carbocycles. The molecule has 0 aliphatic carbocycles. The molecule has 1 saturated heterocycles. The zero-order valence-electron chi connectivity index (χ0n) is 15.2. The van der Waals surface area contributed by atoms with Gasteiger partial charge in [0.2, 0.25) is 17.7 Å². The number of anilines is 1. The van der Waals surface area contributed by atoms with Crippen LogP contribution in [0.4, 0.5) is 14.5 Å². The van der Waals surface area contributed by atoms with Gasteiger partial charge in [-0.2, -0.15) is 0 Å². The van der Waals surface area contributed by atoms with E-state index in [0.717, 1.165) is 11.0 Å². The second kappa shape index (κ2) is 6.88. The molecule has 30 heavy (non-hydrogen) atoms. The Morgan fingerprint density at radius 2 is 1.80 bits per heavy atom. The maximum Gasteiger partial charge on any atom is 0.323 e. The normalized spacial score (nSPS) is 20.4. The van der Waals surface area contributed by atoms with E-state index in [4.69, 9.17) is 16.7 Å². The largest absolute Gasteiger partial charge is 0.480 e. The van der Waals surface area contributed by atoms with Crippen molar-refractivity contribution in [2.75, 3.05) is 11.4 Å². The van der Waals surface area contributed by atoms with Gasteiger partial charge in [-0.15, -0.1) is 0 Å². The Bertz CT molecular complexity index is 1140. The van der Waals surface area contributed by atoms with Crippen LogP contribution in [0.25, 0.3) is 0 Å². The van der Waals surface area contributed by atoms with Gasteiger partial charge in [0, 0.05) is 21.8 Å². The standard InChI is InChI=1S/C20H13ClF2N2O5/c21-11-4-5-14-12(6-11)20(18(29)24(14)9-16(27)28)7-15(26)25(19(20)30)8-10-2-1-3-13(22)17(10)23/h1-6H,7-9H2,(H,27,28). The molecule has 10 heteroatoms. The number of rotatable bonds is 4. The molecule has 1 unspecified atom stereocenters. The number of halogens is 3. The highest BCUT2D eigenvalue weighted by atomic mass is 35.5. The van der Waals surface area contributed by atoms with E-state index in [1.54, 1.807) is 0 Å². The number of nitrogens with zero attached hydrogens (tertiary/aromatic N) is 2. The Morgan fingerprint density at radius 1 is 1.10 bits per heavy atom. The van der Waals surface area contributed by atoms with Gasteiger partial charge in [-0.1, -0.05) is 23.7 Å². The molecule has 0 aromatic heterocycles. The molecule has 1 atom stereocenters. The van der Waals surface area contributed by atoms with Crippen LogP contribution in [0.15, 0.2) is 36.4 Å². The van der Waals surface area contributed by atoms with Crippen molar-refractivity contribution < 1.29 is 33.1 Å². The van der Waals surface area contributed by atoms with Crippen LogP contribution in [0, 0.1) is 11.6 Å². The number of hydrogen-bond acceptors (Lipinski definition) is 4. The number of amides is 3. The summed E-state index contributed by atoms with van der Waals surface area (Å²) in [6, 6.07) is 7.54. The Kier molecular flexibility index (Phi) is 4.58. The van der Waals surface area contributed by atoms with Crippen molar-refractivity contribution in [3.05, 3.63) is 64.2 Å². The van der Waals surface area contributed by atoms with Gasteiger partial charge >= 0.3 is 5.97 Å². The molecule has 1 fully saturated rings. The van der Waals surface area contributed by atoms with Crippen molar-refractivity contribution in [1.29, 1.82) is 0 Å². The number of carbonyl (C=O) groups excluding carboxylic acids is 3. The van der Waals surface area contributed by atoms with Crippen molar-refractivity contribution in [3.8, 4) is 0 Å². The van der Waals surface area contributed by atoms with Crippen LogP contribution in [0.2, 0.25) is 5.02 Å². The number of carboxylic acids is 1. The van der Waals surface area contributed by atoms with Gasteiger partial charge in [-0.25, -0.2) is 8.78 Å². The van der Waals surface area contributed by atoms with Gasteiger partial charge in [0.1, 0.15) is 6.54 Å². The SMILES string of the molecule is O=C(O)CN1C(=O)C2(CC(=O)N(Cc3cccc(F)c3F)C2=O)c2cc(Cl)ccc21. The Morgan fingerprint density at radius 3 is 2.50 bits per heavy atom. The van der Waals surface area contributed by atoms with E-state index in [9.17, 15) is 28.0 Å². The van der Waals surface area contributed by atoms with Crippen LogP contribution in [0.1, 0.15) is 17.5 Å². The molecule has 0 radical (unpaired) electrons. The van der Waals surface area contributed by atoms with E-state index in [-0.39, 0.29) is 21.8 Å². The first kappa shape index (κ1) is 20.0. The van der Waals surface area contributed by atoms with Crippen LogP contribution in [-0.4, -0.2) is 40.2 Å². The average molecular weight is 435 g/mol. The number of carbonyl (C=O) groups is 4. The topological polar surface area (TPSA) is 95.0 Å². The summed E-state index contributed by atoms with van der Waals surface area (Å²) in [5.74, 6) is -6.21. The van der Waals surface area contributed by atoms with Crippen LogP contribution in [-0.2, 0) is 31.1 Å². The fourth-order valence-corrected chi connectivity index (χ4v) is 4.12. The Labute approximate surface area is 173 Å². The molecule has 1 spiro atoms. The molecule has 1 N–H and O–H groups in total. The monoisotopic (exact) mass is 434 g/mol. The van der Waals surface area contributed by atoms with Crippen LogP contribution in [0.3, 0.4) is 0 Å². The number of hydrogen-bond donors (Lipinski definition) is 1. The molecular formula is C20H13ClF2N2O5. The molecule has 2 heterocycles. The summed E-state index contributed by atoms with van der Waals surface area (Å²) in [6.45, 7) is -1.28. The quantitative estimate of drug-likeness (QED) is 0.588. The van der Waals surface area contributed by atoms with Crippen molar-refractivity contribution in [1.82, 2.24) is 4.90 Å². The highest BCUT2D eigenvalue weighted by Crippen LogP contribution is 2.49. The third-order valence-electron chi connectivity index (χ3n) is 5.30. The Balaban J connectivity index is 1.79. The first-order chi connectivity index (χ1) is 14.2. The second-order valence-electron chi connectivity index (χ2n) is 7.03. The summed E-state index contributed by atoms with van der Waals surface area (Å²) in [4.78, 5) is 52.0. The van der Waals surface area contributed by atoms with Crippen LogP contribution < -0.4 is 4.90 Å². The van der Waals surface area contributed by atoms with Crippen LogP contribution >= 0.6 is 11.6 Å². The van der Waals surface area contributed by atoms with Gasteiger partial charge in [0.15, 0.2) is 17.0 Å². The predicted molar refractivity (Wildman–Crippen MR) is 99.7 cm³/mol. The minimum Gasteiger partial charge on any atom is -0.480 e. The van der Waals surface area contributed by atoms with Gasteiger partial charge in [0.25, 0.3) is 0 Å². The lowest BCUT2D eigenvalue weighted by molar-refractivity contribution is -0.143. The Hall–Kier alpha value is -3.33. The van der Waals surface area contributed by atoms with Crippen molar-refractivity contribution in [2.45, 2.75) is 18.4 Å². The van der Waals surface area contributed by atoms with Crippen molar-refractivity contribution in [2.24, 2.45) is 0 Å². The lowest BCUT2D eigenvalue weighted by atomic mass is 9.80. The number of fused-ring (bicyclic) bond motifs is 2. The first-order valence-corrected chi connectivity index (χ1v) is 9.16. The fraction of sp³-hybridized carbons (Fsp3) is 0.200. The van der Waals surface area contributed by atoms with Gasteiger partial charge in [-0.3, -0.25) is 29.0 Å². The smallest absolute Gasteiger partial charge is 0.323 e. The zero-order chi connectivity index (χ0) is 21.8. The molecule has 2 aliphatic heterocycles. The number of likely N-dealkylation sites (tertiary alicyclic amines) is 1. The molecule has 154 valence electrons. The molecule has 2 aliphatic rings. The maximum absolute atomic E-state index is 14.1. The molecule has 4 rings (SSSR count). The number of carboxylic acid groups (broad SMARTS) is 1. The van der Waals surface area contributed by atoms with Gasteiger partial charge in [-0.05, 0) is 24.3 Å². The highest BCUT2D eigenvalue weighted by molar-refractivity contribution is 6.32. The van der Waals surface area contributed by atoms with Crippen molar-refractivity contribution in [3.63, 3.8) is 0 Å². The molecule has 2 aromatic carbocycles. The molecule has 3 amide bonds. The third-order valence-corrected chi connectivity index (χ3v) is 5.54. The lowest BCUT2D eigenvalue weighted by Crippen LogP contribution is -2.47. The maximum atomic E-state index is 14.1. The van der Waals surface area contributed by atoms with Crippen molar-refractivity contribution >= 4 is 41.0 Å². The van der Waals surface area contributed by atoms with Gasteiger partial charge in [0.05, 0.1) is 13.0 Å². The highest BCUT2D eigenvalue weighted by Gasteiger charge is 2.64. The van der Waals surface area contributed by atoms with E-state index in [0.29, 0.717) is 4.90 Å². The summed E-state index contributed by atoms with van der Waals surface area (Å²) < 4.78 is 27.6. The van der Waals surface area contributed by atoms with Crippen LogP contribution in [0.5, 0.6) is 0 Å².